The fourth-order valence-corrected chi connectivity index (χ4v) is 2.18. The summed E-state index contributed by atoms with van der Waals surface area (Å²) < 4.78 is 0. The van der Waals surface area contributed by atoms with E-state index in [1.165, 1.54) is 0 Å². The van der Waals surface area contributed by atoms with Crippen LogP contribution in [0.1, 0.15) is 24.4 Å². The van der Waals surface area contributed by atoms with Crippen LogP contribution in [0.4, 0.5) is 0 Å². The molecule has 1 aromatic rings. The molecule has 16 heavy (non-hydrogen) atoms. The van der Waals surface area contributed by atoms with Gasteiger partial charge in [-0.05, 0) is 27.8 Å². The molecule has 0 fully saturated rings. The first-order chi connectivity index (χ1) is 7.38. The first-order valence-corrected chi connectivity index (χ1v) is 6.10. The number of carbonyl (C=O) groups excluding carboxylic acids is 1. The third kappa shape index (κ3) is 2.80. The minimum atomic E-state index is -0.520. The van der Waals surface area contributed by atoms with E-state index in [2.05, 4.69) is 10.3 Å². The number of carbonyl (C=O) groups is 1. The first kappa shape index (κ1) is 13.1. The van der Waals surface area contributed by atoms with Crippen LogP contribution in [-0.2, 0) is 11.3 Å². The Kier molecular flexibility index (Phi) is 4.04. The predicted octanol–water partition coefficient (Wildman–Crippen LogP) is 1.41. The van der Waals surface area contributed by atoms with Crippen molar-refractivity contribution in [2.45, 2.75) is 32.9 Å². The molecule has 0 atom stereocenters. The number of aryl methyl sites for hydroxylation is 1. The Bertz CT molecular complexity index is 373. The second-order valence-electron chi connectivity index (χ2n) is 4.40. The lowest BCUT2D eigenvalue weighted by molar-refractivity contribution is -0.136. The number of thiazole rings is 1. The van der Waals surface area contributed by atoms with Crippen molar-refractivity contribution in [3.05, 3.63) is 16.1 Å². The summed E-state index contributed by atoms with van der Waals surface area (Å²) in [5.41, 5.74) is 2.30. The number of likely N-dealkylation sites (N-methyl/N-ethyl adjacent to an activating group) is 2. The number of amides is 1. The third-order valence-corrected chi connectivity index (χ3v) is 3.65. The van der Waals surface area contributed by atoms with Gasteiger partial charge in [0.1, 0.15) is 0 Å². The Balaban J connectivity index is 2.70. The standard InChI is InChI=1S/C11H19N3OS/c1-8-9(16-7-13-8)6-14(5)10(15)11(2,3)12-4/h7,12H,6H2,1-5H3. The van der Waals surface area contributed by atoms with Crippen LogP contribution in [0, 0.1) is 6.92 Å². The molecule has 0 aliphatic rings. The van der Waals surface area contributed by atoms with Crippen molar-refractivity contribution in [1.29, 1.82) is 0 Å². The average Bonchev–Trinajstić information content (AvgIpc) is 2.63. The van der Waals surface area contributed by atoms with Gasteiger partial charge in [0.05, 0.1) is 23.3 Å². The lowest BCUT2D eigenvalue weighted by atomic mass is 10.0. The van der Waals surface area contributed by atoms with Crippen molar-refractivity contribution in [3.8, 4) is 0 Å². The van der Waals surface area contributed by atoms with E-state index in [1.807, 2.05) is 33.3 Å². The van der Waals surface area contributed by atoms with Crippen LogP contribution in [0.15, 0.2) is 5.51 Å². The van der Waals surface area contributed by atoms with Gasteiger partial charge in [-0.1, -0.05) is 0 Å². The summed E-state index contributed by atoms with van der Waals surface area (Å²) >= 11 is 1.59. The van der Waals surface area contributed by atoms with Crippen LogP contribution < -0.4 is 5.32 Å². The van der Waals surface area contributed by atoms with Gasteiger partial charge >= 0.3 is 0 Å². The number of nitrogens with zero attached hydrogens (tertiary/aromatic N) is 2. The van der Waals surface area contributed by atoms with E-state index in [-0.39, 0.29) is 5.91 Å². The minimum Gasteiger partial charge on any atom is -0.339 e. The van der Waals surface area contributed by atoms with Gasteiger partial charge in [-0.15, -0.1) is 11.3 Å². The van der Waals surface area contributed by atoms with E-state index in [9.17, 15) is 4.79 Å². The van der Waals surface area contributed by atoms with Gasteiger partial charge in [-0.25, -0.2) is 4.98 Å². The first-order valence-electron chi connectivity index (χ1n) is 5.22. The zero-order valence-corrected chi connectivity index (χ0v) is 11.3. The Labute approximate surface area is 101 Å². The van der Waals surface area contributed by atoms with Crippen LogP contribution in [0.5, 0.6) is 0 Å². The molecule has 1 aromatic heterocycles. The molecule has 1 amide bonds. The van der Waals surface area contributed by atoms with Crippen molar-refractivity contribution in [1.82, 2.24) is 15.2 Å². The van der Waals surface area contributed by atoms with E-state index >= 15 is 0 Å². The number of nitrogens with one attached hydrogen (secondary N) is 1. The maximum Gasteiger partial charge on any atom is 0.242 e. The lowest BCUT2D eigenvalue weighted by Crippen LogP contribution is -2.51. The summed E-state index contributed by atoms with van der Waals surface area (Å²) in [7, 11) is 3.62. The fourth-order valence-electron chi connectivity index (χ4n) is 1.35. The highest BCUT2D eigenvalue weighted by Gasteiger charge is 2.28. The van der Waals surface area contributed by atoms with Crippen LogP contribution in [0.2, 0.25) is 0 Å². The average molecular weight is 241 g/mol. The Morgan fingerprint density at radius 3 is 2.69 bits per heavy atom. The quantitative estimate of drug-likeness (QED) is 0.867. The van der Waals surface area contributed by atoms with E-state index in [4.69, 9.17) is 0 Å². The van der Waals surface area contributed by atoms with Gasteiger partial charge in [0.15, 0.2) is 0 Å². The second-order valence-corrected chi connectivity index (χ2v) is 5.34. The molecule has 0 aliphatic carbocycles. The van der Waals surface area contributed by atoms with Gasteiger partial charge in [-0.3, -0.25) is 4.79 Å². The molecule has 90 valence electrons. The highest BCUT2D eigenvalue weighted by atomic mass is 32.1. The Morgan fingerprint density at radius 1 is 1.62 bits per heavy atom. The number of aromatic nitrogens is 1. The van der Waals surface area contributed by atoms with Crippen molar-refractivity contribution in [3.63, 3.8) is 0 Å². The molecule has 4 nitrogen and oxygen atoms in total. The molecule has 0 radical (unpaired) electrons. The van der Waals surface area contributed by atoms with E-state index in [0.717, 1.165) is 10.6 Å². The minimum absolute atomic E-state index is 0.0859. The molecule has 1 N–H and O–H groups in total. The largest absolute Gasteiger partial charge is 0.339 e. The molecule has 1 rings (SSSR count). The van der Waals surface area contributed by atoms with Crippen LogP contribution in [0.25, 0.3) is 0 Å². The van der Waals surface area contributed by atoms with E-state index < -0.39 is 5.54 Å². The molecule has 0 aromatic carbocycles. The molecule has 1 heterocycles. The van der Waals surface area contributed by atoms with Crippen molar-refractivity contribution < 1.29 is 4.79 Å². The van der Waals surface area contributed by atoms with Gasteiger partial charge in [-0.2, -0.15) is 0 Å². The van der Waals surface area contributed by atoms with Gasteiger partial charge in [0, 0.05) is 11.9 Å². The van der Waals surface area contributed by atoms with E-state index in [1.54, 1.807) is 23.3 Å². The smallest absolute Gasteiger partial charge is 0.242 e. The SMILES string of the molecule is CNC(C)(C)C(=O)N(C)Cc1scnc1C. The van der Waals surface area contributed by atoms with Crippen LogP contribution in [0.3, 0.4) is 0 Å². The lowest BCUT2D eigenvalue weighted by Gasteiger charge is -2.28. The Morgan fingerprint density at radius 2 is 2.25 bits per heavy atom. The van der Waals surface area contributed by atoms with E-state index in [0.29, 0.717) is 6.54 Å². The van der Waals surface area contributed by atoms with Gasteiger partial charge in [0.2, 0.25) is 5.91 Å². The maximum atomic E-state index is 12.1. The normalized spacial score (nSPS) is 11.6. The molecule has 5 heteroatoms. The maximum absolute atomic E-state index is 12.1. The number of rotatable bonds is 4. The van der Waals surface area contributed by atoms with Crippen LogP contribution >= 0.6 is 11.3 Å². The highest BCUT2D eigenvalue weighted by molar-refractivity contribution is 7.09. The summed E-state index contributed by atoms with van der Waals surface area (Å²) in [5.74, 6) is 0.0859. The summed E-state index contributed by atoms with van der Waals surface area (Å²) in [5, 5.41) is 3.01. The molecule has 0 saturated heterocycles. The highest BCUT2D eigenvalue weighted by Crippen LogP contribution is 2.16. The molecule has 0 unspecified atom stereocenters. The van der Waals surface area contributed by atoms with Crippen molar-refractivity contribution in [2.75, 3.05) is 14.1 Å². The monoisotopic (exact) mass is 241 g/mol. The van der Waals surface area contributed by atoms with Gasteiger partial charge in [0.25, 0.3) is 0 Å². The van der Waals surface area contributed by atoms with Gasteiger partial charge < -0.3 is 10.2 Å². The summed E-state index contributed by atoms with van der Waals surface area (Å²) in [6.07, 6.45) is 0. The Hall–Kier alpha value is -0.940. The molecule has 0 spiro atoms. The topological polar surface area (TPSA) is 45.2 Å². The number of hydrogen-bond acceptors (Lipinski definition) is 4. The second kappa shape index (κ2) is 4.93. The predicted molar refractivity (Wildman–Crippen MR) is 66.5 cm³/mol. The fraction of sp³-hybridized carbons (Fsp3) is 0.636. The molecule has 0 bridgehead atoms. The summed E-state index contributed by atoms with van der Waals surface area (Å²) in [6.45, 7) is 6.35. The molecule has 0 saturated carbocycles. The summed E-state index contributed by atoms with van der Waals surface area (Å²) in [4.78, 5) is 19.1. The zero-order valence-electron chi connectivity index (χ0n) is 10.5. The molecular formula is C11H19N3OS. The third-order valence-electron chi connectivity index (χ3n) is 2.73. The molecular weight excluding hydrogens is 222 g/mol. The molecule has 0 aliphatic heterocycles. The van der Waals surface area contributed by atoms with Crippen molar-refractivity contribution >= 4 is 17.2 Å². The number of hydrogen-bond donors (Lipinski definition) is 1. The zero-order chi connectivity index (χ0) is 12.3. The van der Waals surface area contributed by atoms with Crippen LogP contribution in [-0.4, -0.2) is 35.4 Å². The summed E-state index contributed by atoms with van der Waals surface area (Å²) in [6, 6.07) is 0. The van der Waals surface area contributed by atoms with Crippen molar-refractivity contribution in [2.24, 2.45) is 0 Å².